The molecule has 1 aliphatic heterocycles. The summed E-state index contributed by atoms with van der Waals surface area (Å²) in [5.41, 5.74) is 2.45. The molecule has 3 aromatic carbocycles. The van der Waals surface area contributed by atoms with E-state index in [1.807, 2.05) is 55.5 Å². The summed E-state index contributed by atoms with van der Waals surface area (Å²) in [5.74, 6) is -0.336. The number of H-pyrrole nitrogens is 1. The van der Waals surface area contributed by atoms with Crippen LogP contribution in [0.3, 0.4) is 0 Å². The maximum atomic E-state index is 15.6. The zero-order valence-corrected chi connectivity index (χ0v) is 25.9. The number of likely N-dealkylation sites (tertiary alicyclic amines) is 1. The summed E-state index contributed by atoms with van der Waals surface area (Å²) in [4.78, 5) is 26.6. The van der Waals surface area contributed by atoms with E-state index < -0.39 is 23.4 Å². The van der Waals surface area contributed by atoms with Gasteiger partial charge in [-0.15, -0.1) is 10.2 Å². The van der Waals surface area contributed by atoms with E-state index in [1.54, 1.807) is 17.0 Å². The minimum Gasteiger partial charge on any atom is -0.465 e. The molecule has 12 heteroatoms. The van der Waals surface area contributed by atoms with Gasteiger partial charge in [0, 0.05) is 56.2 Å². The fraction of sp³-hybridized carbons (Fsp3) is 0.382. The Hall–Kier alpha value is -4.68. The summed E-state index contributed by atoms with van der Waals surface area (Å²) in [7, 11) is 0. The Morgan fingerprint density at radius 3 is 2.65 bits per heavy atom. The van der Waals surface area contributed by atoms with Crippen LogP contribution in [0, 0.1) is 18.7 Å². The van der Waals surface area contributed by atoms with Gasteiger partial charge in [-0.2, -0.15) is 5.21 Å². The van der Waals surface area contributed by atoms with E-state index in [0.717, 1.165) is 11.1 Å². The third-order valence-electron chi connectivity index (χ3n) is 8.63. The van der Waals surface area contributed by atoms with E-state index in [9.17, 15) is 14.7 Å². The highest BCUT2D eigenvalue weighted by atomic mass is 19.1. The number of aliphatic hydroxyl groups is 1. The molecule has 2 unspecified atom stereocenters. The average molecular weight is 630 g/mol. The van der Waals surface area contributed by atoms with Crippen molar-refractivity contribution in [1.82, 2.24) is 36.2 Å². The topological polar surface area (TPSA) is 156 Å². The standard InChI is InChI=1S/C34H40FN7O4/c1-23-6-2-7-26(20-23)31-28(9-3-10-29(31)35)34(46,16-5-17-37-33(44)45)27-8-4-19-42(22-27)32(43)25-13-11-24(12-14-25)21-36-18-15-30-38-40-41-39-30/h2-3,6-7,9-14,20,27,36-37,46H,4-5,8,15-19,21-22H2,1H3,(H,44,45)(H,38,39,40,41). The Kier molecular flexibility index (Phi) is 10.7. The molecule has 2 heterocycles. The Morgan fingerprint density at radius 2 is 1.91 bits per heavy atom. The molecule has 0 bridgehead atoms. The van der Waals surface area contributed by atoms with Crippen molar-refractivity contribution in [2.45, 2.75) is 51.2 Å². The molecule has 242 valence electrons. The summed E-state index contributed by atoms with van der Waals surface area (Å²) < 4.78 is 15.6. The fourth-order valence-electron chi connectivity index (χ4n) is 6.31. The summed E-state index contributed by atoms with van der Waals surface area (Å²) >= 11 is 0. The van der Waals surface area contributed by atoms with E-state index >= 15 is 4.39 Å². The van der Waals surface area contributed by atoms with Gasteiger partial charge in [-0.1, -0.05) is 59.3 Å². The predicted octanol–water partition coefficient (Wildman–Crippen LogP) is 4.43. The molecular formula is C34H40FN7O4. The number of aryl methyl sites for hydroxylation is 1. The number of nitrogens with zero attached hydrogens (tertiary/aromatic N) is 4. The first kappa shape index (κ1) is 32.7. The number of rotatable bonds is 13. The van der Waals surface area contributed by atoms with Crippen LogP contribution in [0.2, 0.25) is 0 Å². The van der Waals surface area contributed by atoms with Crippen LogP contribution in [0.1, 0.15) is 58.6 Å². The number of amides is 2. The number of piperidine rings is 1. The highest BCUT2D eigenvalue weighted by Gasteiger charge is 2.43. The zero-order chi connectivity index (χ0) is 32.5. The first-order valence-electron chi connectivity index (χ1n) is 15.6. The molecule has 4 aromatic rings. The molecule has 0 aliphatic carbocycles. The van der Waals surface area contributed by atoms with Gasteiger partial charge in [0.2, 0.25) is 0 Å². The largest absolute Gasteiger partial charge is 0.465 e. The van der Waals surface area contributed by atoms with E-state index in [-0.39, 0.29) is 25.4 Å². The second-order valence-electron chi connectivity index (χ2n) is 11.8. The molecule has 1 aliphatic rings. The minimum atomic E-state index is -1.52. The summed E-state index contributed by atoms with van der Waals surface area (Å²) in [6, 6.07) is 19.7. The molecule has 46 heavy (non-hydrogen) atoms. The molecule has 5 N–H and O–H groups in total. The number of aromatic amines is 1. The molecule has 11 nitrogen and oxygen atoms in total. The normalized spacial score (nSPS) is 16.2. The Labute approximate surface area is 267 Å². The van der Waals surface area contributed by atoms with E-state index in [1.165, 1.54) is 6.07 Å². The van der Waals surface area contributed by atoms with Gasteiger partial charge in [0.05, 0.1) is 5.60 Å². The van der Waals surface area contributed by atoms with Crippen molar-refractivity contribution in [2.24, 2.45) is 5.92 Å². The molecule has 1 aromatic heterocycles. The van der Waals surface area contributed by atoms with Crippen LogP contribution < -0.4 is 10.6 Å². The summed E-state index contributed by atoms with van der Waals surface area (Å²) in [5, 5.41) is 41.2. The van der Waals surface area contributed by atoms with Crippen LogP contribution in [0.15, 0.2) is 66.7 Å². The van der Waals surface area contributed by atoms with Gasteiger partial charge in [0.1, 0.15) is 5.82 Å². The molecule has 0 radical (unpaired) electrons. The number of carbonyl (C=O) groups is 2. The Bertz CT molecular complexity index is 1620. The van der Waals surface area contributed by atoms with Crippen molar-refractivity contribution in [1.29, 1.82) is 0 Å². The molecular weight excluding hydrogens is 589 g/mol. The van der Waals surface area contributed by atoms with E-state index in [4.69, 9.17) is 5.11 Å². The number of aromatic nitrogens is 4. The number of carboxylic acid groups (broad SMARTS) is 1. The SMILES string of the molecule is Cc1cccc(-c2c(F)cccc2C(O)(CCCNC(=O)O)C2CCCN(C(=O)c3ccc(CNCCc4nn[nH]n4)cc3)C2)c1. The fourth-order valence-corrected chi connectivity index (χ4v) is 6.31. The van der Waals surface area contributed by atoms with Crippen molar-refractivity contribution in [3.63, 3.8) is 0 Å². The third kappa shape index (κ3) is 7.93. The maximum Gasteiger partial charge on any atom is 0.404 e. The highest BCUT2D eigenvalue weighted by Crippen LogP contribution is 2.44. The van der Waals surface area contributed by atoms with Crippen LogP contribution in [-0.4, -0.2) is 73.9 Å². The number of hydrogen-bond acceptors (Lipinski definition) is 7. The van der Waals surface area contributed by atoms with Crippen molar-refractivity contribution in [3.05, 3.63) is 101 Å². The van der Waals surface area contributed by atoms with Gasteiger partial charge >= 0.3 is 6.09 Å². The van der Waals surface area contributed by atoms with Crippen molar-refractivity contribution < 1.29 is 24.2 Å². The number of tetrazole rings is 1. The number of carbonyl (C=O) groups excluding carboxylic acids is 1. The van der Waals surface area contributed by atoms with Crippen molar-refractivity contribution in [3.8, 4) is 11.1 Å². The number of nitrogens with one attached hydrogen (secondary N) is 3. The molecule has 5 rings (SSSR count). The van der Waals surface area contributed by atoms with Crippen LogP contribution in [-0.2, 0) is 18.6 Å². The highest BCUT2D eigenvalue weighted by molar-refractivity contribution is 5.94. The van der Waals surface area contributed by atoms with Crippen LogP contribution in [0.5, 0.6) is 0 Å². The molecule has 2 amide bonds. The predicted molar refractivity (Wildman–Crippen MR) is 170 cm³/mol. The first-order chi connectivity index (χ1) is 22.2. The van der Waals surface area contributed by atoms with Crippen LogP contribution >= 0.6 is 0 Å². The molecule has 2 atom stereocenters. The van der Waals surface area contributed by atoms with Crippen molar-refractivity contribution in [2.75, 3.05) is 26.2 Å². The minimum absolute atomic E-state index is 0.130. The lowest BCUT2D eigenvalue weighted by molar-refractivity contribution is -0.0564. The first-order valence-corrected chi connectivity index (χ1v) is 15.6. The lowest BCUT2D eigenvalue weighted by Gasteiger charge is -2.43. The number of benzene rings is 3. The maximum absolute atomic E-state index is 15.6. The molecule has 1 saturated heterocycles. The Balaban J connectivity index is 1.34. The lowest BCUT2D eigenvalue weighted by atomic mass is 9.72. The summed E-state index contributed by atoms with van der Waals surface area (Å²) in [6.45, 7) is 4.20. The van der Waals surface area contributed by atoms with Gasteiger partial charge in [0.15, 0.2) is 5.82 Å². The molecule has 0 spiro atoms. The zero-order valence-electron chi connectivity index (χ0n) is 25.9. The average Bonchev–Trinajstić information content (AvgIpc) is 3.58. The second kappa shape index (κ2) is 15.1. The van der Waals surface area contributed by atoms with Gasteiger partial charge in [-0.3, -0.25) is 4.79 Å². The Morgan fingerprint density at radius 1 is 1.11 bits per heavy atom. The van der Waals surface area contributed by atoms with Crippen LogP contribution in [0.4, 0.5) is 9.18 Å². The lowest BCUT2D eigenvalue weighted by Crippen LogP contribution is -2.48. The smallest absolute Gasteiger partial charge is 0.404 e. The quantitative estimate of drug-likeness (QED) is 0.136. The third-order valence-corrected chi connectivity index (χ3v) is 8.63. The monoisotopic (exact) mass is 629 g/mol. The van der Waals surface area contributed by atoms with Gasteiger partial charge in [0.25, 0.3) is 5.91 Å². The van der Waals surface area contributed by atoms with Crippen LogP contribution in [0.25, 0.3) is 11.1 Å². The van der Waals surface area contributed by atoms with Gasteiger partial charge in [-0.05, 0) is 67.5 Å². The van der Waals surface area contributed by atoms with Gasteiger partial charge < -0.3 is 25.7 Å². The molecule has 0 saturated carbocycles. The van der Waals surface area contributed by atoms with Gasteiger partial charge in [-0.25, -0.2) is 9.18 Å². The van der Waals surface area contributed by atoms with E-state index in [2.05, 4.69) is 31.3 Å². The number of halogens is 1. The number of hydrogen-bond donors (Lipinski definition) is 5. The molecule has 1 fully saturated rings. The van der Waals surface area contributed by atoms with Crippen molar-refractivity contribution >= 4 is 12.0 Å². The second-order valence-corrected chi connectivity index (χ2v) is 11.8. The van der Waals surface area contributed by atoms with E-state index in [0.29, 0.717) is 73.4 Å². The summed E-state index contributed by atoms with van der Waals surface area (Å²) in [6.07, 6.45) is 1.33.